The van der Waals surface area contributed by atoms with E-state index in [9.17, 15) is 4.91 Å². The Bertz CT molecular complexity index is 1440. The lowest BCUT2D eigenvalue weighted by atomic mass is 9.69. The average Bonchev–Trinajstić information content (AvgIpc) is 3.20. The largest absolute Gasteiger partial charge is 0.260 e. The minimum atomic E-state index is -0.518. The van der Waals surface area contributed by atoms with Crippen LogP contribution < -0.4 is 0 Å². The van der Waals surface area contributed by atoms with Crippen molar-refractivity contribution in [1.29, 1.82) is 0 Å². The van der Waals surface area contributed by atoms with Gasteiger partial charge in [-0.05, 0) is 62.8 Å². The fourth-order valence-electron chi connectivity index (χ4n) is 5.26. The zero-order valence-electron chi connectivity index (χ0n) is 17.8. The van der Waals surface area contributed by atoms with Crippen LogP contribution in [0.2, 0.25) is 0 Å². The van der Waals surface area contributed by atoms with Gasteiger partial charge in [0.1, 0.15) is 5.69 Å². The monoisotopic (exact) mass is 424 g/mol. The van der Waals surface area contributed by atoms with Crippen LogP contribution in [0.25, 0.3) is 22.3 Å². The van der Waals surface area contributed by atoms with E-state index in [4.69, 9.17) is 4.98 Å². The fraction of sp³-hybridized carbons (Fsp3) is 0.0333. The topological polar surface area (TPSA) is 42.3 Å². The third-order valence-corrected chi connectivity index (χ3v) is 6.61. The second kappa shape index (κ2) is 7.64. The predicted molar refractivity (Wildman–Crippen MR) is 132 cm³/mol. The molecule has 0 fully saturated rings. The highest BCUT2D eigenvalue weighted by Gasteiger charge is 2.47. The summed E-state index contributed by atoms with van der Waals surface area (Å²) >= 11 is 0. The van der Waals surface area contributed by atoms with Gasteiger partial charge in [-0.3, -0.25) is 4.98 Å². The maximum absolute atomic E-state index is 11.4. The van der Waals surface area contributed by atoms with Gasteiger partial charge >= 0.3 is 0 Å². The molecule has 1 heterocycles. The van der Waals surface area contributed by atoms with Gasteiger partial charge < -0.3 is 0 Å². The summed E-state index contributed by atoms with van der Waals surface area (Å²) in [6, 6.07) is 39.2. The molecule has 0 saturated carbocycles. The summed E-state index contributed by atoms with van der Waals surface area (Å²) in [5, 5.41) is 3.25. The van der Waals surface area contributed by atoms with Crippen molar-refractivity contribution in [3.05, 3.63) is 149 Å². The number of pyridine rings is 1. The molecule has 1 aliphatic rings. The van der Waals surface area contributed by atoms with Crippen molar-refractivity contribution in [3.8, 4) is 22.3 Å². The average molecular weight is 425 g/mol. The molecule has 3 nitrogen and oxygen atoms in total. The maximum Gasteiger partial charge on any atom is 0.115 e. The summed E-state index contributed by atoms with van der Waals surface area (Å²) in [5.74, 6) is 0. The number of rotatable bonds is 4. The molecule has 0 spiro atoms. The third kappa shape index (κ3) is 2.79. The summed E-state index contributed by atoms with van der Waals surface area (Å²) in [6.45, 7) is 0. The molecule has 0 radical (unpaired) electrons. The Labute approximate surface area is 192 Å². The van der Waals surface area contributed by atoms with Crippen LogP contribution in [-0.4, -0.2) is 4.98 Å². The smallest absolute Gasteiger partial charge is 0.115 e. The third-order valence-electron chi connectivity index (χ3n) is 6.61. The highest BCUT2D eigenvalue weighted by Crippen LogP contribution is 2.56. The highest BCUT2D eigenvalue weighted by molar-refractivity contribution is 5.89. The Morgan fingerprint density at radius 1 is 0.606 bits per heavy atom. The van der Waals surface area contributed by atoms with Gasteiger partial charge in [0.05, 0.1) is 11.1 Å². The highest BCUT2D eigenvalue weighted by atomic mass is 16.3. The van der Waals surface area contributed by atoms with E-state index in [0.29, 0.717) is 5.69 Å². The summed E-state index contributed by atoms with van der Waals surface area (Å²) < 4.78 is 0. The van der Waals surface area contributed by atoms with Gasteiger partial charge in [-0.1, -0.05) is 91.0 Å². The molecule has 4 aromatic carbocycles. The van der Waals surface area contributed by atoms with E-state index >= 15 is 0 Å². The Morgan fingerprint density at radius 3 is 2.09 bits per heavy atom. The number of hydrogen-bond donors (Lipinski definition) is 0. The Balaban J connectivity index is 1.70. The molecule has 1 aromatic heterocycles. The van der Waals surface area contributed by atoms with E-state index in [-0.39, 0.29) is 0 Å². The summed E-state index contributed by atoms with van der Waals surface area (Å²) in [6.07, 6.45) is 1.86. The zero-order chi connectivity index (χ0) is 22.3. The maximum atomic E-state index is 11.4. The van der Waals surface area contributed by atoms with E-state index in [1.807, 2.05) is 42.6 Å². The van der Waals surface area contributed by atoms with Crippen LogP contribution in [0.3, 0.4) is 0 Å². The second-order valence-corrected chi connectivity index (χ2v) is 8.25. The molecule has 1 aliphatic carbocycles. The van der Waals surface area contributed by atoms with Gasteiger partial charge in [0, 0.05) is 11.8 Å². The van der Waals surface area contributed by atoms with Crippen molar-refractivity contribution in [2.75, 3.05) is 0 Å². The van der Waals surface area contributed by atoms with E-state index in [1.54, 1.807) is 6.07 Å². The van der Waals surface area contributed by atoms with Crippen LogP contribution in [0.15, 0.2) is 127 Å². The second-order valence-electron chi connectivity index (χ2n) is 8.25. The van der Waals surface area contributed by atoms with Gasteiger partial charge in [0.25, 0.3) is 0 Å². The Kier molecular flexibility index (Phi) is 4.48. The molecule has 156 valence electrons. The minimum Gasteiger partial charge on any atom is -0.260 e. The van der Waals surface area contributed by atoms with Crippen LogP contribution in [0.4, 0.5) is 5.69 Å². The standard InChI is InChI=1S/C30H20N2O/c33-32-28-15-7-5-12-23(28)21-17-18-27-25(20-21)24-13-4-6-14-26(24)30(27,22-10-2-1-3-11-22)29-16-8-9-19-31-29/h1-20H. The predicted octanol–water partition coefficient (Wildman–Crippen LogP) is 7.51. The van der Waals surface area contributed by atoms with Crippen LogP contribution >= 0.6 is 0 Å². The van der Waals surface area contributed by atoms with E-state index in [0.717, 1.165) is 22.4 Å². The molecule has 0 N–H and O–H groups in total. The van der Waals surface area contributed by atoms with E-state index in [2.05, 4.69) is 78.0 Å². The fourth-order valence-corrected chi connectivity index (χ4v) is 5.26. The van der Waals surface area contributed by atoms with Crippen LogP contribution in [0, 0.1) is 4.91 Å². The molecule has 5 aromatic rings. The molecule has 3 heteroatoms. The molecule has 0 saturated heterocycles. The molecule has 6 rings (SSSR count). The van der Waals surface area contributed by atoms with Gasteiger partial charge in [-0.2, -0.15) is 0 Å². The van der Waals surface area contributed by atoms with Gasteiger partial charge in [-0.25, -0.2) is 0 Å². The number of hydrogen-bond acceptors (Lipinski definition) is 3. The first-order valence-electron chi connectivity index (χ1n) is 11.0. The normalized spacial score (nSPS) is 16.1. The molecular formula is C30H20N2O. The van der Waals surface area contributed by atoms with Gasteiger partial charge in [-0.15, -0.1) is 4.91 Å². The number of aromatic nitrogens is 1. The van der Waals surface area contributed by atoms with Crippen LogP contribution in [-0.2, 0) is 5.41 Å². The SMILES string of the molecule is O=Nc1ccccc1-c1ccc2c(c1)-c1ccccc1C2(c1ccccc1)c1ccccn1. The quantitative estimate of drug-likeness (QED) is 0.275. The lowest BCUT2D eigenvalue weighted by molar-refractivity contribution is 0.735. The molecule has 0 aliphatic heterocycles. The number of benzene rings is 4. The van der Waals surface area contributed by atoms with Crippen molar-refractivity contribution in [2.24, 2.45) is 5.18 Å². The van der Waals surface area contributed by atoms with Crippen molar-refractivity contribution >= 4 is 5.69 Å². The summed E-state index contributed by atoms with van der Waals surface area (Å²) in [4.78, 5) is 16.3. The minimum absolute atomic E-state index is 0.447. The molecule has 1 atom stereocenters. The zero-order valence-corrected chi connectivity index (χ0v) is 17.8. The molecule has 0 amide bonds. The van der Waals surface area contributed by atoms with Crippen LogP contribution in [0.5, 0.6) is 0 Å². The lowest BCUT2D eigenvalue weighted by Crippen LogP contribution is -2.29. The van der Waals surface area contributed by atoms with Crippen molar-refractivity contribution in [3.63, 3.8) is 0 Å². The first kappa shape index (κ1) is 19.3. The molecular weight excluding hydrogens is 404 g/mol. The Morgan fingerprint density at radius 2 is 1.30 bits per heavy atom. The van der Waals surface area contributed by atoms with Crippen molar-refractivity contribution in [2.45, 2.75) is 5.41 Å². The first-order chi connectivity index (χ1) is 16.3. The van der Waals surface area contributed by atoms with E-state index in [1.165, 1.54) is 22.3 Å². The number of nitroso groups, excluding NO2 is 1. The Hall–Kier alpha value is -4.37. The molecule has 33 heavy (non-hydrogen) atoms. The van der Waals surface area contributed by atoms with Gasteiger partial charge in [0.2, 0.25) is 0 Å². The first-order valence-corrected chi connectivity index (χ1v) is 11.0. The molecule has 0 bridgehead atoms. The number of nitrogens with zero attached hydrogens (tertiary/aromatic N) is 2. The lowest BCUT2D eigenvalue weighted by Gasteiger charge is -2.32. The van der Waals surface area contributed by atoms with Crippen LogP contribution in [0.1, 0.15) is 22.4 Å². The molecule has 1 unspecified atom stereocenters. The van der Waals surface area contributed by atoms with Gasteiger partial charge in [0.15, 0.2) is 0 Å². The van der Waals surface area contributed by atoms with Crippen molar-refractivity contribution < 1.29 is 0 Å². The number of fused-ring (bicyclic) bond motifs is 3. The van der Waals surface area contributed by atoms with Crippen molar-refractivity contribution in [1.82, 2.24) is 4.98 Å². The summed E-state index contributed by atoms with van der Waals surface area (Å²) in [7, 11) is 0. The summed E-state index contributed by atoms with van der Waals surface area (Å²) in [5.41, 5.74) is 8.64. The van der Waals surface area contributed by atoms with E-state index < -0.39 is 5.41 Å².